The van der Waals surface area contributed by atoms with Gasteiger partial charge in [-0.05, 0) is 85.5 Å². The topological polar surface area (TPSA) is 224 Å². The summed E-state index contributed by atoms with van der Waals surface area (Å²) in [5, 5.41) is 14.7. The van der Waals surface area contributed by atoms with Crippen LogP contribution in [-0.2, 0) is 6.42 Å². The highest BCUT2D eigenvalue weighted by Crippen LogP contribution is 2.38. The third kappa shape index (κ3) is 10.5. The summed E-state index contributed by atoms with van der Waals surface area (Å²) in [6, 6.07) is 18.1. The van der Waals surface area contributed by atoms with Crippen molar-refractivity contribution >= 4 is 23.4 Å². The third-order valence-electron chi connectivity index (χ3n) is 6.69. The first kappa shape index (κ1) is 34.8. The first-order valence-electron chi connectivity index (χ1n) is 14.4. The lowest BCUT2D eigenvalue weighted by molar-refractivity contribution is 0.279. The van der Waals surface area contributed by atoms with Crippen LogP contribution in [0.1, 0.15) is 41.5 Å². The van der Waals surface area contributed by atoms with Gasteiger partial charge >= 0.3 is 0 Å². The van der Waals surface area contributed by atoms with Crippen LogP contribution in [0.5, 0.6) is 28.7 Å². The van der Waals surface area contributed by atoms with Gasteiger partial charge in [-0.1, -0.05) is 0 Å². The second kappa shape index (κ2) is 17.5. The number of anilines is 2. The predicted octanol–water partition coefficient (Wildman–Crippen LogP) is 4.14. The minimum absolute atomic E-state index is 0.0579. The number of methoxy groups -OCH3 is 3. The minimum Gasteiger partial charge on any atom is -0.494 e. The number of nitrogen functional groups attached to an aromatic ring is 4. The number of rotatable bonds is 15. The fourth-order valence-corrected chi connectivity index (χ4v) is 4.25. The van der Waals surface area contributed by atoms with Gasteiger partial charge in [-0.15, -0.1) is 0 Å². The number of aromatic nitrogens is 2. The van der Waals surface area contributed by atoms with Crippen LogP contribution in [0.2, 0.25) is 0 Å². The molecule has 46 heavy (non-hydrogen) atoms. The van der Waals surface area contributed by atoms with E-state index in [4.69, 9.17) is 57.4 Å². The number of amidine groups is 2. The lowest BCUT2D eigenvalue weighted by Gasteiger charge is -2.14. The Morgan fingerprint density at radius 1 is 0.696 bits per heavy atom. The maximum atomic E-state index is 7.34. The van der Waals surface area contributed by atoms with Crippen molar-refractivity contribution < 1.29 is 23.7 Å². The standard InChI is InChI=1S/C19H24N4O2.C14H18N4O3/c20-18(21)14-4-8-16(9-5-14)24-12-2-1-3-13-25-17-10-6-15(7-11-17)19(22)23;1-19-10-5-8(6-11(20-2)12(10)21-3)4-9-7-17-14(16)18-13(9)15/h4-11H,1-3,12-13H2,(H3,20,21)(H3,22,23);5-7H,4H2,1-3H3,(H4,15,16,17,18). The van der Waals surface area contributed by atoms with Crippen molar-refractivity contribution in [1.82, 2.24) is 9.97 Å². The minimum atomic E-state index is 0.0579. The number of hydrogen-bond donors (Lipinski definition) is 6. The number of nitrogens with two attached hydrogens (primary N) is 4. The van der Waals surface area contributed by atoms with Crippen LogP contribution in [0, 0.1) is 10.8 Å². The molecule has 0 radical (unpaired) electrons. The van der Waals surface area contributed by atoms with Crippen LogP contribution in [0.15, 0.2) is 66.9 Å². The van der Waals surface area contributed by atoms with E-state index >= 15 is 0 Å². The van der Waals surface area contributed by atoms with Crippen LogP contribution < -0.4 is 46.6 Å². The predicted molar refractivity (Wildman–Crippen MR) is 180 cm³/mol. The van der Waals surface area contributed by atoms with E-state index in [9.17, 15) is 0 Å². The van der Waals surface area contributed by atoms with Crippen molar-refractivity contribution in [2.24, 2.45) is 11.5 Å². The molecule has 0 atom stereocenters. The van der Waals surface area contributed by atoms with Crippen LogP contribution in [0.4, 0.5) is 11.8 Å². The van der Waals surface area contributed by atoms with E-state index in [2.05, 4.69) is 9.97 Å². The molecule has 0 aliphatic carbocycles. The van der Waals surface area contributed by atoms with Gasteiger partial charge in [-0.3, -0.25) is 10.8 Å². The van der Waals surface area contributed by atoms with E-state index in [1.807, 2.05) is 36.4 Å². The van der Waals surface area contributed by atoms with E-state index in [-0.39, 0.29) is 17.6 Å². The van der Waals surface area contributed by atoms with Crippen molar-refractivity contribution in [2.75, 3.05) is 46.0 Å². The number of nitrogens with one attached hydrogen (secondary N) is 2. The molecule has 0 aliphatic rings. The Hall–Kier alpha value is -5.72. The average Bonchev–Trinajstić information content (AvgIpc) is 3.05. The van der Waals surface area contributed by atoms with Crippen LogP contribution in [0.3, 0.4) is 0 Å². The number of benzene rings is 3. The number of ether oxygens (including phenoxy) is 5. The van der Waals surface area contributed by atoms with Crippen molar-refractivity contribution in [1.29, 1.82) is 10.8 Å². The van der Waals surface area contributed by atoms with E-state index in [0.29, 0.717) is 53.8 Å². The van der Waals surface area contributed by atoms with Gasteiger partial charge in [0.2, 0.25) is 11.7 Å². The van der Waals surface area contributed by atoms with Crippen LogP contribution in [0.25, 0.3) is 0 Å². The smallest absolute Gasteiger partial charge is 0.221 e. The van der Waals surface area contributed by atoms with Crippen LogP contribution >= 0.6 is 0 Å². The molecule has 0 saturated heterocycles. The first-order chi connectivity index (χ1) is 22.1. The Labute approximate surface area is 268 Å². The van der Waals surface area contributed by atoms with E-state index in [1.54, 1.807) is 51.8 Å². The maximum Gasteiger partial charge on any atom is 0.221 e. The highest BCUT2D eigenvalue weighted by molar-refractivity contribution is 5.95. The van der Waals surface area contributed by atoms with E-state index < -0.39 is 0 Å². The first-order valence-corrected chi connectivity index (χ1v) is 14.4. The monoisotopic (exact) mass is 630 g/mol. The van der Waals surface area contributed by atoms with E-state index in [1.165, 1.54) is 0 Å². The van der Waals surface area contributed by atoms with Gasteiger partial charge in [0.05, 0.1) is 34.5 Å². The molecular formula is C33H42N8O5. The molecule has 4 aromatic rings. The Bertz CT molecular complexity index is 1490. The molecule has 3 aromatic carbocycles. The van der Waals surface area contributed by atoms with Crippen LogP contribution in [-0.4, -0.2) is 56.2 Å². The van der Waals surface area contributed by atoms with Crippen molar-refractivity contribution in [3.63, 3.8) is 0 Å². The summed E-state index contributed by atoms with van der Waals surface area (Å²) < 4.78 is 27.2. The molecule has 0 bridgehead atoms. The summed E-state index contributed by atoms with van der Waals surface area (Å²) in [6.45, 7) is 1.29. The Morgan fingerprint density at radius 2 is 1.17 bits per heavy atom. The Balaban J connectivity index is 0.000000254. The normalized spacial score (nSPS) is 10.2. The molecule has 0 fully saturated rings. The molecule has 244 valence electrons. The number of hydrogen-bond acceptors (Lipinski definition) is 11. The maximum absolute atomic E-state index is 7.34. The third-order valence-corrected chi connectivity index (χ3v) is 6.69. The molecule has 0 unspecified atom stereocenters. The average molecular weight is 631 g/mol. The van der Waals surface area contributed by atoms with Gasteiger partial charge in [-0.25, -0.2) is 4.98 Å². The molecule has 0 saturated carbocycles. The molecule has 1 aromatic heterocycles. The molecule has 0 spiro atoms. The molecular weight excluding hydrogens is 588 g/mol. The quantitative estimate of drug-likeness (QED) is 0.0622. The summed E-state index contributed by atoms with van der Waals surface area (Å²) in [7, 11) is 4.70. The summed E-state index contributed by atoms with van der Waals surface area (Å²) in [5.74, 6) is 3.91. The van der Waals surface area contributed by atoms with Gasteiger partial charge in [0.1, 0.15) is 29.0 Å². The summed E-state index contributed by atoms with van der Waals surface area (Å²) in [4.78, 5) is 7.90. The Morgan fingerprint density at radius 3 is 1.57 bits per heavy atom. The van der Waals surface area contributed by atoms with Gasteiger partial charge in [0, 0.05) is 29.3 Å². The second-order valence-corrected chi connectivity index (χ2v) is 9.98. The summed E-state index contributed by atoms with van der Waals surface area (Å²) >= 11 is 0. The summed E-state index contributed by atoms with van der Waals surface area (Å²) in [5.41, 5.74) is 25.3. The van der Waals surface area contributed by atoms with Gasteiger partial charge < -0.3 is 46.6 Å². The van der Waals surface area contributed by atoms with Gasteiger partial charge in [0.15, 0.2) is 11.5 Å². The van der Waals surface area contributed by atoms with Crippen molar-refractivity contribution in [3.8, 4) is 28.7 Å². The molecule has 0 amide bonds. The van der Waals surface area contributed by atoms with Crippen molar-refractivity contribution in [3.05, 3.63) is 89.1 Å². The molecule has 0 aliphatic heterocycles. The second-order valence-electron chi connectivity index (χ2n) is 9.98. The van der Waals surface area contributed by atoms with Gasteiger partial charge in [-0.2, -0.15) is 4.98 Å². The van der Waals surface area contributed by atoms with Crippen molar-refractivity contribution in [2.45, 2.75) is 25.7 Å². The highest BCUT2D eigenvalue weighted by atomic mass is 16.5. The van der Waals surface area contributed by atoms with E-state index in [0.717, 1.165) is 41.9 Å². The fraction of sp³-hybridized carbons (Fsp3) is 0.273. The molecule has 13 nitrogen and oxygen atoms in total. The molecule has 1 heterocycles. The zero-order valence-corrected chi connectivity index (χ0v) is 26.3. The highest BCUT2D eigenvalue weighted by Gasteiger charge is 2.14. The zero-order chi connectivity index (χ0) is 33.5. The largest absolute Gasteiger partial charge is 0.494 e. The summed E-state index contributed by atoms with van der Waals surface area (Å²) in [6.07, 6.45) is 5.04. The molecule has 10 N–H and O–H groups in total. The molecule has 4 rings (SSSR count). The fourth-order valence-electron chi connectivity index (χ4n) is 4.25. The zero-order valence-electron chi connectivity index (χ0n) is 26.3. The Kier molecular flexibility index (Phi) is 13.3. The lowest BCUT2D eigenvalue weighted by Crippen LogP contribution is -2.10. The lowest BCUT2D eigenvalue weighted by atomic mass is 10.1. The number of unbranched alkanes of at least 4 members (excludes halogenated alkanes) is 2. The molecule has 13 heteroatoms. The number of nitrogens with zero attached hydrogens (tertiary/aromatic N) is 2. The van der Waals surface area contributed by atoms with Gasteiger partial charge in [0.25, 0.3) is 0 Å². The SMILES string of the molecule is COc1cc(Cc2cnc(N)nc2N)cc(OC)c1OC.N=C(N)c1ccc(OCCCCCOc2ccc(C(=N)N)cc2)cc1.